The Bertz CT molecular complexity index is 388. The van der Waals surface area contributed by atoms with Gasteiger partial charge in [-0.3, -0.25) is 4.79 Å². The average Bonchev–Trinajstić information content (AvgIpc) is 2.19. The van der Waals surface area contributed by atoms with Crippen LogP contribution in [-0.4, -0.2) is 32.5 Å². The van der Waals surface area contributed by atoms with Crippen LogP contribution in [0.3, 0.4) is 0 Å². The van der Waals surface area contributed by atoms with Crippen molar-refractivity contribution in [1.29, 1.82) is 0 Å². The Morgan fingerprint density at radius 1 is 1.38 bits per heavy atom. The molecule has 1 aromatic carbocycles. The first-order valence-corrected chi connectivity index (χ1v) is 4.79. The van der Waals surface area contributed by atoms with Gasteiger partial charge in [0.05, 0.1) is 12.5 Å². The van der Waals surface area contributed by atoms with Crippen LogP contribution in [0.15, 0.2) is 18.2 Å². The minimum absolute atomic E-state index is 0.133. The number of benzene rings is 1. The van der Waals surface area contributed by atoms with Gasteiger partial charge in [-0.1, -0.05) is 11.6 Å². The number of aliphatic carboxylic acids is 1. The summed E-state index contributed by atoms with van der Waals surface area (Å²) in [6.45, 7) is 1.76. The van der Waals surface area contributed by atoms with Crippen LogP contribution in [0, 0.1) is 6.92 Å². The van der Waals surface area contributed by atoms with Gasteiger partial charge in [0.25, 0.3) is 0 Å². The van der Waals surface area contributed by atoms with Gasteiger partial charge in [0.1, 0.15) is 11.9 Å². The maximum absolute atomic E-state index is 10.4. The minimum atomic E-state index is -1.44. The number of hydrogen-bond acceptors (Lipinski definition) is 4. The van der Waals surface area contributed by atoms with E-state index in [9.17, 15) is 20.1 Å². The van der Waals surface area contributed by atoms with Crippen LogP contribution >= 0.6 is 0 Å². The van der Waals surface area contributed by atoms with E-state index in [1.807, 2.05) is 0 Å². The van der Waals surface area contributed by atoms with Gasteiger partial charge in [-0.05, 0) is 19.1 Å². The van der Waals surface area contributed by atoms with Crippen molar-refractivity contribution in [3.63, 3.8) is 0 Å². The van der Waals surface area contributed by atoms with Crippen molar-refractivity contribution in [3.8, 4) is 5.75 Å². The summed E-state index contributed by atoms with van der Waals surface area (Å²) in [6, 6.07) is 4.54. The second kappa shape index (κ2) is 4.96. The molecule has 0 heterocycles. The Labute approximate surface area is 92.6 Å². The first kappa shape index (κ1) is 12.5. The smallest absolute Gasteiger partial charge is 0.306 e. The van der Waals surface area contributed by atoms with Crippen LogP contribution in [0.5, 0.6) is 5.75 Å². The van der Waals surface area contributed by atoms with Gasteiger partial charge in [-0.2, -0.15) is 0 Å². The molecular formula is C11H14O5. The predicted octanol–water partition coefficient (Wildman–Crippen LogP) is 0.570. The minimum Gasteiger partial charge on any atom is -0.508 e. The number of carbonyl (C=O) groups is 1. The highest BCUT2D eigenvalue weighted by Crippen LogP contribution is 2.28. The third-order valence-electron chi connectivity index (χ3n) is 2.25. The molecule has 4 N–H and O–H groups in total. The Hall–Kier alpha value is -1.59. The van der Waals surface area contributed by atoms with Crippen molar-refractivity contribution in [3.05, 3.63) is 29.3 Å². The Balaban J connectivity index is 2.90. The van der Waals surface area contributed by atoms with Gasteiger partial charge in [0.15, 0.2) is 0 Å². The second-order valence-electron chi connectivity index (χ2n) is 3.67. The van der Waals surface area contributed by atoms with E-state index in [1.165, 1.54) is 12.1 Å². The molecule has 0 spiro atoms. The van der Waals surface area contributed by atoms with Gasteiger partial charge in [-0.25, -0.2) is 0 Å². The summed E-state index contributed by atoms with van der Waals surface area (Å²) in [4.78, 5) is 10.4. The molecule has 88 valence electrons. The maximum atomic E-state index is 10.4. The summed E-state index contributed by atoms with van der Waals surface area (Å²) in [5.74, 6) is -1.37. The molecule has 0 amide bonds. The first-order chi connectivity index (χ1) is 7.41. The lowest BCUT2D eigenvalue weighted by atomic mass is 9.99. The van der Waals surface area contributed by atoms with Crippen LogP contribution in [0.25, 0.3) is 0 Å². The SMILES string of the molecule is Cc1ccc(O)c(C(O)C(O)CC(=O)O)c1. The van der Waals surface area contributed by atoms with Gasteiger partial charge in [0.2, 0.25) is 0 Å². The van der Waals surface area contributed by atoms with Crippen molar-refractivity contribution in [1.82, 2.24) is 0 Å². The summed E-state index contributed by atoms with van der Waals surface area (Å²) in [6.07, 6.45) is -3.42. The molecule has 2 unspecified atom stereocenters. The molecule has 1 aromatic rings. The van der Waals surface area contributed by atoms with Crippen molar-refractivity contribution in [2.24, 2.45) is 0 Å². The number of carboxylic acid groups (broad SMARTS) is 1. The van der Waals surface area contributed by atoms with E-state index in [0.717, 1.165) is 5.56 Å². The maximum Gasteiger partial charge on any atom is 0.306 e. The zero-order chi connectivity index (χ0) is 12.3. The lowest BCUT2D eigenvalue weighted by Gasteiger charge is -2.17. The van der Waals surface area contributed by atoms with E-state index in [-0.39, 0.29) is 11.3 Å². The van der Waals surface area contributed by atoms with Gasteiger partial charge >= 0.3 is 5.97 Å². The topological polar surface area (TPSA) is 98.0 Å². The van der Waals surface area contributed by atoms with Crippen LogP contribution in [0.2, 0.25) is 0 Å². The summed E-state index contributed by atoms with van der Waals surface area (Å²) in [7, 11) is 0. The van der Waals surface area contributed by atoms with E-state index < -0.39 is 24.6 Å². The molecule has 0 radical (unpaired) electrons. The zero-order valence-corrected chi connectivity index (χ0v) is 8.79. The highest BCUT2D eigenvalue weighted by molar-refractivity contribution is 5.67. The Morgan fingerprint density at radius 3 is 2.56 bits per heavy atom. The van der Waals surface area contributed by atoms with Crippen LogP contribution in [0.4, 0.5) is 0 Å². The Morgan fingerprint density at radius 2 is 2.00 bits per heavy atom. The molecule has 0 aliphatic heterocycles. The van der Waals surface area contributed by atoms with Gasteiger partial charge in [-0.15, -0.1) is 0 Å². The van der Waals surface area contributed by atoms with Crippen LogP contribution in [-0.2, 0) is 4.79 Å². The quantitative estimate of drug-likeness (QED) is 0.601. The molecule has 0 saturated heterocycles. The summed E-state index contributed by atoms with van der Waals surface area (Å²) >= 11 is 0. The average molecular weight is 226 g/mol. The van der Waals surface area contributed by atoms with Crippen molar-refractivity contribution < 1.29 is 25.2 Å². The van der Waals surface area contributed by atoms with Crippen LogP contribution < -0.4 is 0 Å². The van der Waals surface area contributed by atoms with Crippen LogP contribution in [0.1, 0.15) is 23.7 Å². The highest BCUT2D eigenvalue weighted by Gasteiger charge is 2.23. The number of phenols is 1. The molecule has 0 aromatic heterocycles. The molecule has 1 rings (SSSR count). The van der Waals surface area contributed by atoms with Crippen molar-refractivity contribution in [2.45, 2.75) is 25.6 Å². The van der Waals surface area contributed by atoms with Gasteiger partial charge in [0, 0.05) is 5.56 Å². The Kier molecular flexibility index (Phi) is 3.87. The fraction of sp³-hybridized carbons (Fsp3) is 0.364. The number of rotatable bonds is 4. The number of phenolic OH excluding ortho intramolecular Hbond substituents is 1. The van der Waals surface area contributed by atoms with E-state index in [4.69, 9.17) is 5.11 Å². The number of hydrogen-bond donors (Lipinski definition) is 4. The van der Waals surface area contributed by atoms with Gasteiger partial charge < -0.3 is 20.4 Å². The number of aliphatic hydroxyl groups is 2. The number of aliphatic hydroxyl groups excluding tert-OH is 2. The normalized spacial score (nSPS) is 14.4. The molecule has 0 aliphatic carbocycles. The van der Waals surface area contributed by atoms with Crippen molar-refractivity contribution >= 4 is 5.97 Å². The highest BCUT2D eigenvalue weighted by atomic mass is 16.4. The van der Waals surface area contributed by atoms with E-state index in [0.29, 0.717) is 0 Å². The largest absolute Gasteiger partial charge is 0.508 e. The molecule has 5 heteroatoms. The van der Waals surface area contributed by atoms with E-state index in [1.54, 1.807) is 13.0 Å². The molecule has 0 fully saturated rings. The van der Waals surface area contributed by atoms with E-state index in [2.05, 4.69) is 0 Å². The fourth-order valence-corrected chi connectivity index (χ4v) is 1.41. The standard InChI is InChI=1S/C11H14O5/c1-6-2-3-8(12)7(4-6)11(16)9(13)5-10(14)15/h2-4,9,11-13,16H,5H2,1H3,(H,14,15). The number of aryl methyl sites for hydroxylation is 1. The summed E-state index contributed by atoms with van der Waals surface area (Å²) < 4.78 is 0. The summed E-state index contributed by atoms with van der Waals surface area (Å²) in [5, 5.41) is 37.0. The number of carboxylic acids is 1. The molecule has 16 heavy (non-hydrogen) atoms. The molecule has 0 aliphatic rings. The lowest BCUT2D eigenvalue weighted by Crippen LogP contribution is -2.21. The predicted molar refractivity (Wildman–Crippen MR) is 56.1 cm³/mol. The third-order valence-corrected chi connectivity index (χ3v) is 2.25. The molecule has 5 nitrogen and oxygen atoms in total. The molecule has 0 bridgehead atoms. The first-order valence-electron chi connectivity index (χ1n) is 4.79. The fourth-order valence-electron chi connectivity index (χ4n) is 1.41. The zero-order valence-electron chi connectivity index (χ0n) is 8.79. The van der Waals surface area contributed by atoms with Crippen molar-refractivity contribution in [2.75, 3.05) is 0 Å². The number of aromatic hydroxyl groups is 1. The summed E-state index contributed by atoms with van der Waals surface area (Å²) in [5.41, 5.74) is 0.933. The molecule has 0 saturated carbocycles. The lowest BCUT2D eigenvalue weighted by molar-refractivity contribution is -0.141. The van der Waals surface area contributed by atoms with E-state index >= 15 is 0 Å². The monoisotopic (exact) mass is 226 g/mol. The third kappa shape index (κ3) is 2.95. The molecular weight excluding hydrogens is 212 g/mol. The molecule has 2 atom stereocenters. The second-order valence-corrected chi connectivity index (χ2v) is 3.67.